The van der Waals surface area contributed by atoms with E-state index in [0.29, 0.717) is 35.3 Å². The summed E-state index contributed by atoms with van der Waals surface area (Å²) in [6.45, 7) is 3.52. The van der Waals surface area contributed by atoms with E-state index < -0.39 is 17.5 Å². The molecule has 3 rings (SSSR count). The van der Waals surface area contributed by atoms with Gasteiger partial charge in [0, 0.05) is 18.2 Å². The molecule has 0 amide bonds. The number of carbonyl (C=O) groups is 1. The first-order chi connectivity index (χ1) is 15.0. The second-order valence-corrected chi connectivity index (χ2v) is 6.85. The van der Waals surface area contributed by atoms with E-state index in [4.69, 9.17) is 0 Å². The van der Waals surface area contributed by atoms with Gasteiger partial charge in [-0.15, -0.1) is 0 Å². The minimum Gasteiger partial charge on any atom is -0.339 e. The van der Waals surface area contributed by atoms with Crippen LogP contribution in [-0.2, 0) is 11.2 Å². The summed E-state index contributed by atoms with van der Waals surface area (Å²) >= 11 is 0. The van der Waals surface area contributed by atoms with Crippen LogP contribution in [0.1, 0.15) is 24.5 Å². The number of aldehydes is 1. The van der Waals surface area contributed by atoms with Crippen molar-refractivity contribution in [2.24, 2.45) is 0 Å². The van der Waals surface area contributed by atoms with Crippen molar-refractivity contribution in [1.82, 2.24) is 4.98 Å². The quantitative estimate of drug-likeness (QED) is 0.444. The maximum Gasteiger partial charge on any atom is 0.146 e. The van der Waals surface area contributed by atoms with E-state index in [1.54, 1.807) is 37.3 Å². The Morgan fingerprint density at radius 2 is 1.90 bits per heavy atom. The van der Waals surface area contributed by atoms with Gasteiger partial charge < -0.3 is 5.32 Å². The fourth-order valence-corrected chi connectivity index (χ4v) is 3.38. The fraction of sp³-hybridized carbons (Fsp3) is 0.167. The highest BCUT2D eigenvalue weighted by molar-refractivity contribution is 5.73. The van der Waals surface area contributed by atoms with Crippen LogP contribution in [0.2, 0.25) is 0 Å². The third-order valence-corrected chi connectivity index (χ3v) is 4.86. The maximum absolute atomic E-state index is 14.3. The first kappa shape index (κ1) is 22.1. The molecule has 4 nitrogen and oxygen atoms in total. The molecule has 0 saturated carbocycles. The molecule has 0 spiro atoms. The van der Waals surface area contributed by atoms with Crippen LogP contribution in [0, 0.1) is 18.6 Å². The third-order valence-electron chi connectivity index (χ3n) is 4.86. The lowest BCUT2D eigenvalue weighted by molar-refractivity contribution is -0.104. The monoisotopic (exact) mass is 425 g/mol. The van der Waals surface area contributed by atoms with Crippen molar-refractivity contribution in [2.45, 2.75) is 26.7 Å². The Labute approximate surface area is 179 Å². The second kappa shape index (κ2) is 9.93. The van der Waals surface area contributed by atoms with Crippen LogP contribution in [0.4, 0.5) is 24.7 Å². The van der Waals surface area contributed by atoms with Crippen LogP contribution in [0.3, 0.4) is 0 Å². The van der Waals surface area contributed by atoms with Crippen molar-refractivity contribution in [3.8, 4) is 0 Å². The largest absolute Gasteiger partial charge is 0.339 e. The smallest absolute Gasteiger partial charge is 0.146 e. The standard InChI is InChI=1S/C24H22F3N3O/c1-3-19-16(2)24(28-15-21(19)27)30(18-9-5-4-8-17(25)14-18)23(12-13-31)29-22-11-7-6-10-20(22)26/h4-13,15,29H,3,14H2,1-2H3/b23-12-. The van der Waals surface area contributed by atoms with Crippen LogP contribution in [0.5, 0.6) is 0 Å². The summed E-state index contributed by atoms with van der Waals surface area (Å²) < 4.78 is 42.9. The third kappa shape index (κ3) is 4.94. The maximum atomic E-state index is 14.3. The van der Waals surface area contributed by atoms with Gasteiger partial charge in [0.15, 0.2) is 0 Å². The van der Waals surface area contributed by atoms with Crippen LogP contribution in [0.15, 0.2) is 78.2 Å². The number of nitrogens with zero attached hydrogens (tertiary/aromatic N) is 2. The van der Waals surface area contributed by atoms with Crippen LogP contribution in [0.25, 0.3) is 0 Å². The van der Waals surface area contributed by atoms with Gasteiger partial charge in [-0.3, -0.25) is 9.69 Å². The minimum atomic E-state index is -0.530. The highest BCUT2D eigenvalue weighted by Crippen LogP contribution is 2.33. The number of nitrogens with one attached hydrogen (secondary N) is 1. The topological polar surface area (TPSA) is 45.2 Å². The Balaban J connectivity index is 2.20. The molecular weight excluding hydrogens is 403 g/mol. The molecule has 0 fully saturated rings. The van der Waals surface area contributed by atoms with E-state index in [1.165, 1.54) is 29.2 Å². The lowest BCUT2D eigenvalue weighted by Crippen LogP contribution is -2.29. The molecule has 0 saturated heterocycles. The van der Waals surface area contributed by atoms with E-state index in [2.05, 4.69) is 10.3 Å². The molecule has 1 aliphatic carbocycles. The lowest BCUT2D eigenvalue weighted by Gasteiger charge is -2.31. The summed E-state index contributed by atoms with van der Waals surface area (Å²) in [4.78, 5) is 17.2. The van der Waals surface area contributed by atoms with Crippen molar-refractivity contribution in [3.05, 3.63) is 101 Å². The molecule has 0 aliphatic heterocycles. The second-order valence-electron chi connectivity index (χ2n) is 6.85. The van der Waals surface area contributed by atoms with Gasteiger partial charge in [0.2, 0.25) is 0 Å². The van der Waals surface area contributed by atoms with Gasteiger partial charge in [-0.1, -0.05) is 31.2 Å². The summed E-state index contributed by atoms with van der Waals surface area (Å²) in [6.07, 6.45) is 9.35. The van der Waals surface area contributed by atoms with Gasteiger partial charge in [0.25, 0.3) is 0 Å². The number of rotatable bonds is 7. The molecule has 7 heteroatoms. The summed E-state index contributed by atoms with van der Waals surface area (Å²) in [6, 6.07) is 5.97. The number of anilines is 2. The molecular formula is C24H22F3N3O. The predicted octanol–water partition coefficient (Wildman–Crippen LogP) is 5.89. The van der Waals surface area contributed by atoms with Crippen molar-refractivity contribution in [2.75, 3.05) is 10.2 Å². The highest BCUT2D eigenvalue weighted by Gasteiger charge is 2.24. The molecule has 1 N–H and O–H groups in total. The van der Waals surface area contributed by atoms with Gasteiger partial charge in [0.1, 0.15) is 35.4 Å². The van der Waals surface area contributed by atoms with Gasteiger partial charge >= 0.3 is 0 Å². The van der Waals surface area contributed by atoms with E-state index in [9.17, 15) is 18.0 Å². The fourth-order valence-electron chi connectivity index (χ4n) is 3.38. The molecule has 0 unspecified atom stereocenters. The van der Waals surface area contributed by atoms with Crippen LogP contribution < -0.4 is 10.2 Å². The zero-order valence-corrected chi connectivity index (χ0v) is 17.2. The van der Waals surface area contributed by atoms with Gasteiger partial charge in [-0.25, -0.2) is 18.2 Å². The molecule has 1 aliphatic rings. The minimum absolute atomic E-state index is 0.0951. The lowest BCUT2D eigenvalue weighted by atomic mass is 10.1. The molecule has 0 bridgehead atoms. The van der Waals surface area contributed by atoms with Crippen LogP contribution in [-0.4, -0.2) is 11.3 Å². The Hall–Kier alpha value is -3.61. The Bertz CT molecular complexity index is 1100. The van der Waals surface area contributed by atoms with Gasteiger partial charge in [0.05, 0.1) is 11.9 Å². The molecule has 2 aromatic rings. The van der Waals surface area contributed by atoms with E-state index in [0.717, 1.165) is 6.20 Å². The van der Waals surface area contributed by atoms with E-state index in [-0.39, 0.29) is 17.9 Å². The number of allylic oxidation sites excluding steroid dienone is 6. The van der Waals surface area contributed by atoms with Crippen LogP contribution >= 0.6 is 0 Å². The summed E-state index contributed by atoms with van der Waals surface area (Å²) in [5, 5.41) is 2.90. The molecule has 1 heterocycles. The number of para-hydroxylation sites is 1. The average molecular weight is 425 g/mol. The predicted molar refractivity (Wildman–Crippen MR) is 116 cm³/mol. The number of hydrogen-bond donors (Lipinski definition) is 1. The van der Waals surface area contributed by atoms with Crippen molar-refractivity contribution in [3.63, 3.8) is 0 Å². The summed E-state index contributed by atoms with van der Waals surface area (Å²) in [7, 11) is 0. The van der Waals surface area contributed by atoms with Crippen molar-refractivity contribution in [1.29, 1.82) is 0 Å². The first-order valence-corrected chi connectivity index (χ1v) is 9.79. The van der Waals surface area contributed by atoms with E-state index >= 15 is 0 Å². The summed E-state index contributed by atoms with van der Waals surface area (Å²) in [5.41, 5.74) is 1.54. The first-order valence-electron chi connectivity index (χ1n) is 9.79. The average Bonchev–Trinajstić information content (AvgIpc) is 2.96. The number of halogens is 3. The molecule has 160 valence electrons. The molecule has 31 heavy (non-hydrogen) atoms. The van der Waals surface area contributed by atoms with E-state index in [1.807, 2.05) is 6.92 Å². The molecule has 0 atom stereocenters. The number of benzene rings is 1. The van der Waals surface area contributed by atoms with Crippen molar-refractivity contribution >= 4 is 17.8 Å². The summed E-state index contributed by atoms with van der Waals surface area (Å²) in [5.74, 6) is -0.925. The Morgan fingerprint density at radius 3 is 2.61 bits per heavy atom. The normalized spacial score (nSPS) is 13.9. The molecule has 1 aromatic carbocycles. The molecule has 0 radical (unpaired) electrons. The van der Waals surface area contributed by atoms with Crippen molar-refractivity contribution < 1.29 is 18.0 Å². The SMILES string of the molecule is CCc1c(F)cnc(N(C2=CC=CC=C(F)C2)/C(=C\C=O)Nc2ccccc2F)c1C. The number of carbonyl (C=O) groups excluding carboxylic acids is 1. The highest BCUT2D eigenvalue weighted by atomic mass is 19.1. The molecule has 1 aromatic heterocycles. The Morgan fingerprint density at radius 1 is 1.16 bits per heavy atom. The zero-order valence-electron chi connectivity index (χ0n) is 17.2. The zero-order chi connectivity index (χ0) is 22.4. The number of aromatic nitrogens is 1. The Kier molecular flexibility index (Phi) is 7.07. The van der Waals surface area contributed by atoms with Gasteiger partial charge in [-0.2, -0.15) is 0 Å². The number of hydrogen-bond acceptors (Lipinski definition) is 4. The number of pyridine rings is 1. The van der Waals surface area contributed by atoms with Gasteiger partial charge in [-0.05, 0) is 48.8 Å².